The lowest BCUT2D eigenvalue weighted by molar-refractivity contribution is -0.118. The number of carbonyl (C=O) groups excluding carboxylic acids is 1. The van der Waals surface area contributed by atoms with Crippen LogP contribution >= 0.6 is 11.8 Å². The first kappa shape index (κ1) is 15.3. The van der Waals surface area contributed by atoms with E-state index in [1.54, 1.807) is 30.6 Å². The minimum Gasteiger partial charge on any atom is -0.397 e. The minimum atomic E-state index is -0.255. The molecule has 0 unspecified atom stereocenters. The molecule has 0 atom stereocenters. The Kier molecular flexibility index (Phi) is 5.57. The number of aromatic nitrogens is 1. The number of nitrogens with two attached hydrogens (primary N) is 1. The van der Waals surface area contributed by atoms with E-state index in [1.165, 1.54) is 23.9 Å². The minimum absolute atomic E-state index is 0.0571. The normalized spacial score (nSPS) is 10.3. The standard InChI is InChI=1S/C15H16FN3OS/c16-12-3-1-11(2-4-12)5-8-19-15(20)10-21-14-6-7-18-9-13(14)17/h1-4,6-7,9H,5,8,10,17H2,(H,19,20). The van der Waals surface area contributed by atoms with Crippen molar-refractivity contribution in [2.24, 2.45) is 0 Å². The molecule has 0 saturated heterocycles. The van der Waals surface area contributed by atoms with Gasteiger partial charge >= 0.3 is 0 Å². The van der Waals surface area contributed by atoms with E-state index in [4.69, 9.17) is 5.73 Å². The molecule has 0 bridgehead atoms. The van der Waals surface area contributed by atoms with Gasteiger partial charge in [-0.05, 0) is 30.2 Å². The van der Waals surface area contributed by atoms with E-state index in [1.807, 2.05) is 0 Å². The van der Waals surface area contributed by atoms with Gasteiger partial charge < -0.3 is 11.1 Å². The van der Waals surface area contributed by atoms with Crippen molar-refractivity contribution in [3.63, 3.8) is 0 Å². The Balaban J connectivity index is 1.70. The molecule has 0 saturated carbocycles. The van der Waals surface area contributed by atoms with E-state index >= 15 is 0 Å². The first-order valence-corrected chi connectivity index (χ1v) is 7.47. The van der Waals surface area contributed by atoms with Crippen LogP contribution in [-0.2, 0) is 11.2 Å². The number of hydrogen-bond acceptors (Lipinski definition) is 4. The van der Waals surface area contributed by atoms with Crippen molar-refractivity contribution in [2.45, 2.75) is 11.3 Å². The number of nitrogen functional groups attached to an aromatic ring is 1. The Morgan fingerprint density at radius 2 is 2.05 bits per heavy atom. The van der Waals surface area contributed by atoms with Crippen LogP contribution in [0.4, 0.5) is 10.1 Å². The van der Waals surface area contributed by atoms with Crippen LogP contribution in [0.15, 0.2) is 47.6 Å². The summed E-state index contributed by atoms with van der Waals surface area (Å²) in [7, 11) is 0. The van der Waals surface area contributed by atoms with Crippen LogP contribution in [0.3, 0.4) is 0 Å². The van der Waals surface area contributed by atoms with E-state index in [-0.39, 0.29) is 11.7 Å². The maximum atomic E-state index is 12.7. The summed E-state index contributed by atoms with van der Waals surface area (Å²) >= 11 is 1.38. The molecule has 4 nitrogen and oxygen atoms in total. The van der Waals surface area contributed by atoms with Gasteiger partial charge in [0.1, 0.15) is 5.82 Å². The first-order valence-electron chi connectivity index (χ1n) is 6.48. The Bertz CT molecular complexity index is 604. The summed E-state index contributed by atoms with van der Waals surface area (Å²) in [5, 5.41) is 2.83. The highest BCUT2D eigenvalue weighted by Crippen LogP contribution is 2.22. The second kappa shape index (κ2) is 7.64. The zero-order chi connectivity index (χ0) is 15.1. The topological polar surface area (TPSA) is 68.0 Å². The van der Waals surface area contributed by atoms with Gasteiger partial charge in [0.25, 0.3) is 0 Å². The van der Waals surface area contributed by atoms with Crippen LogP contribution in [0.2, 0.25) is 0 Å². The molecule has 2 rings (SSSR count). The quantitative estimate of drug-likeness (QED) is 0.803. The molecule has 0 spiro atoms. The third-order valence-corrected chi connectivity index (χ3v) is 3.91. The number of amides is 1. The number of pyridine rings is 1. The third kappa shape index (κ3) is 5.07. The summed E-state index contributed by atoms with van der Waals surface area (Å²) in [5.74, 6) is -0.00934. The van der Waals surface area contributed by atoms with Gasteiger partial charge in [0.05, 0.1) is 17.6 Å². The Morgan fingerprint density at radius 1 is 1.29 bits per heavy atom. The van der Waals surface area contributed by atoms with Gasteiger partial charge in [-0.2, -0.15) is 0 Å². The zero-order valence-corrected chi connectivity index (χ0v) is 12.2. The molecule has 0 fully saturated rings. The van der Waals surface area contributed by atoms with Crippen molar-refractivity contribution < 1.29 is 9.18 Å². The average Bonchev–Trinajstić information content (AvgIpc) is 2.48. The van der Waals surface area contributed by atoms with Crippen molar-refractivity contribution in [1.29, 1.82) is 0 Å². The third-order valence-electron chi connectivity index (χ3n) is 2.82. The molecule has 1 aromatic carbocycles. The summed E-state index contributed by atoms with van der Waals surface area (Å²) in [4.78, 5) is 16.5. The lowest BCUT2D eigenvalue weighted by atomic mass is 10.1. The molecule has 1 heterocycles. The van der Waals surface area contributed by atoms with E-state index < -0.39 is 0 Å². The highest BCUT2D eigenvalue weighted by Gasteiger charge is 2.05. The summed E-state index contributed by atoms with van der Waals surface area (Å²) < 4.78 is 12.7. The predicted molar refractivity (Wildman–Crippen MR) is 82.5 cm³/mol. The monoisotopic (exact) mass is 305 g/mol. The molecule has 110 valence electrons. The number of halogens is 1. The Labute approximate surface area is 127 Å². The summed E-state index contributed by atoms with van der Waals surface area (Å²) in [5.41, 5.74) is 7.31. The number of anilines is 1. The molecule has 0 aliphatic rings. The average molecular weight is 305 g/mol. The fourth-order valence-corrected chi connectivity index (χ4v) is 2.48. The molecule has 1 amide bonds. The van der Waals surface area contributed by atoms with Crippen LogP contribution in [0, 0.1) is 5.82 Å². The zero-order valence-electron chi connectivity index (χ0n) is 11.4. The molecule has 0 aliphatic carbocycles. The van der Waals surface area contributed by atoms with E-state index in [0.717, 1.165) is 10.5 Å². The molecule has 0 radical (unpaired) electrons. The number of hydrogen-bond donors (Lipinski definition) is 2. The number of thioether (sulfide) groups is 1. The van der Waals surface area contributed by atoms with Gasteiger partial charge in [-0.3, -0.25) is 9.78 Å². The van der Waals surface area contributed by atoms with Crippen molar-refractivity contribution in [1.82, 2.24) is 10.3 Å². The number of nitrogens with one attached hydrogen (secondary N) is 1. The van der Waals surface area contributed by atoms with Gasteiger partial charge in [0.15, 0.2) is 0 Å². The number of benzene rings is 1. The van der Waals surface area contributed by atoms with E-state index in [0.29, 0.717) is 24.4 Å². The summed E-state index contributed by atoms with van der Waals surface area (Å²) in [6, 6.07) is 8.05. The van der Waals surface area contributed by atoms with Gasteiger partial charge in [0.2, 0.25) is 5.91 Å². The van der Waals surface area contributed by atoms with Crippen LogP contribution in [0.25, 0.3) is 0 Å². The van der Waals surface area contributed by atoms with Crippen LogP contribution in [0.1, 0.15) is 5.56 Å². The van der Waals surface area contributed by atoms with E-state index in [9.17, 15) is 9.18 Å². The fourth-order valence-electron chi connectivity index (χ4n) is 1.72. The number of nitrogens with zero attached hydrogens (tertiary/aromatic N) is 1. The van der Waals surface area contributed by atoms with Crippen LogP contribution < -0.4 is 11.1 Å². The highest BCUT2D eigenvalue weighted by atomic mass is 32.2. The maximum absolute atomic E-state index is 12.7. The molecule has 1 aromatic heterocycles. The summed E-state index contributed by atoms with van der Waals surface area (Å²) in [6.07, 6.45) is 3.88. The smallest absolute Gasteiger partial charge is 0.230 e. The first-order chi connectivity index (χ1) is 10.1. The maximum Gasteiger partial charge on any atom is 0.230 e. The molecule has 2 aromatic rings. The van der Waals surface area contributed by atoms with Gasteiger partial charge in [-0.15, -0.1) is 11.8 Å². The van der Waals surface area contributed by atoms with Crippen molar-refractivity contribution >= 4 is 23.4 Å². The molecule has 3 N–H and O–H groups in total. The second-order valence-electron chi connectivity index (χ2n) is 4.43. The lowest BCUT2D eigenvalue weighted by Gasteiger charge is -2.06. The SMILES string of the molecule is Nc1cnccc1SCC(=O)NCCc1ccc(F)cc1. The molecule has 21 heavy (non-hydrogen) atoms. The van der Waals surface area contributed by atoms with Crippen molar-refractivity contribution in [3.05, 3.63) is 54.1 Å². The molecular formula is C15H16FN3OS. The van der Waals surface area contributed by atoms with Crippen LogP contribution in [0.5, 0.6) is 0 Å². The van der Waals surface area contributed by atoms with Gasteiger partial charge in [0, 0.05) is 17.6 Å². The lowest BCUT2D eigenvalue weighted by Crippen LogP contribution is -2.27. The predicted octanol–water partition coefficient (Wildman–Crippen LogP) is 2.25. The van der Waals surface area contributed by atoms with E-state index in [2.05, 4.69) is 10.3 Å². The van der Waals surface area contributed by atoms with Crippen LogP contribution in [-0.4, -0.2) is 23.2 Å². The Morgan fingerprint density at radius 3 is 2.76 bits per heavy atom. The van der Waals surface area contributed by atoms with Crippen molar-refractivity contribution in [3.8, 4) is 0 Å². The number of rotatable bonds is 6. The Hall–Kier alpha value is -2.08. The highest BCUT2D eigenvalue weighted by molar-refractivity contribution is 8.00. The second-order valence-corrected chi connectivity index (χ2v) is 5.45. The van der Waals surface area contributed by atoms with Gasteiger partial charge in [-0.25, -0.2) is 4.39 Å². The summed E-state index contributed by atoms with van der Waals surface area (Å²) in [6.45, 7) is 0.525. The largest absolute Gasteiger partial charge is 0.397 e. The van der Waals surface area contributed by atoms with Gasteiger partial charge in [-0.1, -0.05) is 12.1 Å². The number of carbonyl (C=O) groups is 1. The molecule has 6 heteroatoms. The molecule has 0 aliphatic heterocycles. The van der Waals surface area contributed by atoms with Crippen molar-refractivity contribution in [2.75, 3.05) is 18.0 Å². The molecular weight excluding hydrogens is 289 g/mol. The fraction of sp³-hybridized carbons (Fsp3) is 0.200.